The molecule has 0 N–H and O–H groups in total. The summed E-state index contributed by atoms with van der Waals surface area (Å²) in [5, 5.41) is 0. The summed E-state index contributed by atoms with van der Waals surface area (Å²) in [5.41, 5.74) is 7.18. The molecule has 0 atom stereocenters. The largest absolute Gasteiger partial charge is 0.207 e. The fourth-order valence-corrected chi connectivity index (χ4v) is 3.02. The molecule has 0 bridgehead atoms. The Morgan fingerprint density at radius 2 is 1.71 bits per heavy atom. The maximum atomic E-state index is 14.0. The first-order chi connectivity index (χ1) is 10.2. The Bertz CT molecular complexity index is 678. The van der Waals surface area contributed by atoms with Crippen LogP contribution in [0.15, 0.2) is 42.5 Å². The molecule has 0 heterocycles. The Morgan fingerprint density at radius 1 is 0.952 bits per heavy atom. The van der Waals surface area contributed by atoms with Gasteiger partial charge < -0.3 is 0 Å². The van der Waals surface area contributed by atoms with E-state index in [2.05, 4.69) is 37.3 Å². The molecule has 0 fully saturated rings. The molecular formula is C20H21F. The molecule has 0 aromatic heterocycles. The van der Waals surface area contributed by atoms with Gasteiger partial charge in [0.25, 0.3) is 0 Å². The lowest BCUT2D eigenvalue weighted by molar-refractivity contribution is 0.609. The van der Waals surface area contributed by atoms with Crippen molar-refractivity contribution < 1.29 is 4.39 Å². The molecular weight excluding hydrogens is 259 g/mol. The van der Waals surface area contributed by atoms with Crippen LogP contribution in [0.5, 0.6) is 0 Å². The highest BCUT2D eigenvalue weighted by molar-refractivity contribution is 5.70. The molecule has 0 aliphatic heterocycles. The van der Waals surface area contributed by atoms with E-state index in [1.165, 1.54) is 22.3 Å². The van der Waals surface area contributed by atoms with Gasteiger partial charge in [0.05, 0.1) is 0 Å². The van der Waals surface area contributed by atoms with Gasteiger partial charge in [0.2, 0.25) is 0 Å². The van der Waals surface area contributed by atoms with Crippen LogP contribution in [0.4, 0.5) is 4.39 Å². The predicted octanol–water partition coefficient (Wildman–Crippen LogP) is 5.13. The van der Waals surface area contributed by atoms with Crippen molar-refractivity contribution in [2.75, 3.05) is 0 Å². The summed E-state index contributed by atoms with van der Waals surface area (Å²) in [6, 6.07) is 12.5. The van der Waals surface area contributed by atoms with Crippen molar-refractivity contribution in [1.82, 2.24) is 0 Å². The van der Waals surface area contributed by atoms with Crippen LogP contribution in [0.3, 0.4) is 0 Å². The average Bonchev–Trinajstić information content (AvgIpc) is 2.53. The fourth-order valence-electron chi connectivity index (χ4n) is 3.02. The second kappa shape index (κ2) is 5.85. The average molecular weight is 280 g/mol. The minimum atomic E-state index is -0.0566. The topological polar surface area (TPSA) is 0 Å². The normalized spacial score (nSPS) is 13.8. The molecule has 1 aliphatic rings. The molecule has 1 heteroatoms. The summed E-state index contributed by atoms with van der Waals surface area (Å²) in [7, 11) is 0. The number of benzene rings is 2. The van der Waals surface area contributed by atoms with Crippen LogP contribution < -0.4 is 0 Å². The Kier molecular flexibility index (Phi) is 3.92. The van der Waals surface area contributed by atoms with Gasteiger partial charge in [-0.25, -0.2) is 4.39 Å². The van der Waals surface area contributed by atoms with E-state index in [1.807, 2.05) is 13.0 Å². The van der Waals surface area contributed by atoms with Crippen molar-refractivity contribution in [3.05, 3.63) is 76.1 Å². The molecule has 2 aromatic carbocycles. The van der Waals surface area contributed by atoms with Crippen molar-refractivity contribution in [2.24, 2.45) is 0 Å². The maximum Gasteiger partial charge on any atom is 0.126 e. The Morgan fingerprint density at radius 3 is 2.38 bits per heavy atom. The van der Waals surface area contributed by atoms with Crippen LogP contribution in [0.1, 0.15) is 41.7 Å². The predicted molar refractivity (Wildman–Crippen MR) is 87.0 cm³/mol. The molecule has 3 rings (SSSR count). The standard InChI is InChI=1S/C20H21F/c1-3-14-5-7-16(8-6-14)17-9-10-18-11-15(4-2)20(21)13-19(18)12-17/h5-9,11,13H,3-4,10,12H2,1-2H3. The lowest BCUT2D eigenvalue weighted by Gasteiger charge is -2.19. The zero-order valence-corrected chi connectivity index (χ0v) is 12.7. The van der Waals surface area contributed by atoms with Crippen molar-refractivity contribution in [1.29, 1.82) is 0 Å². The summed E-state index contributed by atoms with van der Waals surface area (Å²) in [6.45, 7) is 4.17. The molecule has 0 saturated carbocycles. The number of allylic oxidation sites excluding steroid dienone is 2. The Balaban J connectivity index is 1.89. The van der Waals surface area contributed by atoms with E-state index >= 15 is 0 Å². The molecule has 0 saturated heterocycles. The van der Waals surface area contributed by atoms with Crippen LogP contribution in [0.25, 0.3) is 5.57 Å². The summed E-state index contributed by atoms with van der Waals surface area (Å²) < 4.78 is 14.0. The van der Waals surface area contributed by atoms with E-state index in [0.717, 1.165) is 36.8 Å². The minimum Gasteiger partial charge on any atom is -0.207 e. The molecule has 0 amide bonds. The number of fused-ring (bicyclic) bond motifs is 1. The monoisotopic (exact) mass is 280 g/mol. The van der Waals surface area contributed by atoms with Gasteiger partial charge in [-0.05, 0) is 65.1 Å². The van der Waals surface area contributed by atoms with E-state index < -0.39 is 0 Å². The number of rotatable bonds is 3. The van der Waals surface area contributed by atoms with E-state index in [0.29, 0.717) is 0 Å². The highest BCUT2D eigenvalue weighted by Crippen LogP contribution is 2.29. The number of hydrogen-bond acceptors (Lipinski definition) is 0. The molecule has 0 spiro atoms. The number of halogens is 1. The Hall–Kier alpha value is -1.89. The molecule has 21 heavy (non-hydrogen) atoms. The second-order valence-electron chi connectivity index (χ2n) is 5.73. The third-order valence-electron chi connectivity index (χ3n) is 4.43. The van der Waals surface area contributed by atoms with Crippen LogP contribution in [-0.4, -0.2) is 0 Å². The number of aryl methyl sites for hydroxylation is 2. The smallest absolute Gasteiger partial charge is 0.126 e. The van der Waals surface area contributed by atoms with Gasteiger partial charge in [0, 0.05) is 0 Å². The summed E-state index contributed by atoms with van der Waals surface area (Å²) in [5.74, 6) is -0.0566. The first kappa shape index (κ1) is 14.1. The maximum absolute atomic E-state index is 14.0. The summed E-state index contributed by atoms with van der Waals surface area (Å²) in [6.07, 6.45) is 5.86. The van der Waals surface area contributed by atoms with Crippen LogP contribution >= 0.6 is 0 Å². The zero-order chi connectivity index (χ0) is 14.8. The third-order valence-corrected chi connectivity index (χ3v) is 4.43. The Labute approximate surface area is 126 Å². The van der Waals surface area contributed by atoms with Crippen LogP contribution in [0.2, 0.25) is 0 Å². The van der Waals surface area contributed by atoms with Gasteiger partial charge in [0.15, 0.2) is 0 Å². The first-order valence-corrected chi connectivity index (χ1v) is 7.79. The van der Waals surface area contributed by atoms with Crippen LogP contribution in [-0.2, 0) is 25.7 Å². The van der Waals surface area contributed by atoms with Crippen molar-refractivity contribution >= 4 is 5.57 Å². The van der Waals surface area contributed by atoms with E-state index in [4.69, 9.17) is 0 Å². The highest BCUT2D eigenvalue weighted by Gasteiger charge is 2.15. The van der Waals surface area contributed by atoms with E-state index in [1.54, 1.807) is 6.07 Å². The van der Waals surface area contributed by atoms with Gasteiger partial charge in [-0.1, -0.05) is 50.3 Å². The second-order valence-corrected chi connectivity index (χ2v) is 5.73. The molecule has 0 radical (unpaired) electrons. The lowest BCUT2D eigenvalue weighted by Crippen LogP contribution is -2.05. The van der Waals surface area contributed by atoms with Gasteiger partial charge >= 0.3 is 0 Å². The van der Waals surface area contributed by atoms with Gasteiger partial charge in [0.1, 0.15) is 5.82 Å². The van der Waals surface area contributed by atoms with Gasteiger partial charge in [-0.15, -0.1) is 0 Å². The molecule has 1 aliphatic carbocycles. The molecule has 0 nitrogen and oxygen atoms in total. The first-order valence-electron chi connectivity index (χ1n) is 7.79. The molecule has 0 unspecified atom stereocenters. The van der Waals surface area contributed by atoms with Gasteiger partial charge in [-0.2, -0.15) is 0 Å². The zero-order valence-electron chi connectivity index (χ0n) is 12.7. The van der Waals surface area contributed by atoms with Crippen molar-refractivity contribution in [3.63, 3.8) is 0 Å². The summed E-state index contributed by atoms with van der Waals surface area (Å²) in [4.78, 5) is 0. The molecule has 2 aromatic rings. The minimum absolute atomic E-state index is 0.0566. The fraction of sp³-hybridized carbons (Fsp3) is 0.300. The third kappa shape index (κ3) is 2.78. The van der Waals surface area contributed by atoms with Crippen LogP contribution in [0, 0.1) is 5.82 Å². The van der Waals surface area contributed by atoms with E-state index in [-0.39, 0.29) is 5.82 Å². The quantitative estimate of drug-likeness (QED) is 0.731. The molecule has 108 valence electrons. The number of hydrogen-bond donors (Lipinski definition) is 0. The van der Waals surface area contributed by atoms with Crippen molar-refractivity contribution in [3.8, 4) is 0 Å². The highest BCUT2D eigenvalue weighted by atomic mass is 19.1. The lowest BCUT2D eigenvalue weighted by atomic mass is 9.86. The van der Waals surface area contributed by atoms with E-state index in [9.17, 15) is 4.39 Å². The van der Waals surface area contributed by atoms with Crippen molar-refractivity contribution in [2.45, 2.75) is 39.5 Å². The van der Waals surface area contributed by atoms with Gasteiger partial charge in [-0.3, -0.25) is 0 Å². The summed E-state index contributed by atoms with van der Waals surface area (Å²) >= 11 is 0. The SMILES string of the molecule is CCc1ccc(C2=CCc3cc(CC)c(F)cc3C2)cc1.